The van der Waals surface area contributed by atoms with Crippen molar-refractivity contribution in [1.29, 1.82) is 0 Å². The van der Waals surface area contributed by atoms with Crippen molar-refractivity contribution in [2.75, 3.05) is 6.54 Å². The highest BCUT2D eigenvalue weighted by molar-refractivity contribution is 7.80. The summed E-state index contributed by atoms with van der Waals surface area (Å²) in [6.45, 7) is 6.13. The Bertz CT molecular complexity index is 922. The average Bonchev–Trinajstić information content (AvgIpc) is 3.27. The van der Waals surface area contributed by atoms with Gasteiger partial charge in [-0.05, 0) is 54.0 Å². The number of nitrogens with zero attached hydrogens (tertiary/aromatic N) is 4. The second-order valence-electron chi connectivity index (χ2n) is 7.60. The van der Waals surface area contributed by atoms with Crippen molar-refractivity contribution >= 4 is 17.3 Å². The molecule has 3 aromatic heterocycles. The van der Waals surface area contributed by atoms with Crippen molar-refractivity contribution < 1.29 is 0 Å². The van der Waals surface area contributed by atoms with Gasteiger partial charge < -0.3 is 14.8 Å². The van der Waals surface area contributed by atoms with E-state index in [9.17, 15) is 0 Å². The quantitative estimate of drug-likeness (QED) is 0.645. The van der Waals surface area contributed by atoms with E-state index in [1.165, 1.54) is 11.3 Å². The van der Waals surface area contributed by atoms with Gasteiger partial charge in [-0.25, -0.2) is 0 Å². The molecule has 1 fully saturated rings. The topological polar surface area (TPSA) is 46.0 Å². The summed E-state index contributed by atoms with van der Waals surface area (Å²) in [4.78, 5) is 11.2. The van der Waals surface area contributed by atoms with Gasteiger partial charge in [0.05, 0.1) is 17.8 Å². The van der Waals surface area contributed by atoms with Crippen LogP contribution < -0.4 is 5.32 Å². The van der Waals surface area contributed by atoms with Crippen LogP contribution in [0.3, 0.4) is 0 Å². The summed E-state index contributed by atoms with van der Waals surface area (Å²) >= 11 is 5.73. The number of hydrogen-bond acceptors (Lipinski definition) is 3. The van der Waals surface area contributed by atoms with E-state index in [2.05, 4.69) is 69.1 Å². The van der Waals surface area contributed by atoms with Gasteiger partial charge in [-0.2, -0.15) is 0 Å². The summed E-state index contributed by atoms with van der Waals surface area (Å²) in [5.74, 6) is 0.506. The van der Waals surface area contributed by atoms with Crippen LogP contribution in [0.1, 0.15) is 42.9 Å². The molecule has 1 aliphatic heterocycles. The molecular formula is C22H25N5S. The first-order valence-corrected chi connectivity index (χ1v) is 10.1. The van der Waals surface area contributed by atoms with E-state index < -0.39 is 0 Å². The number of rotatable bonds is 6. The molecule has 0 aliphatic carbocycles. The van der Waals surface area contributed by atoms with Crippen LogP contribution in [-0.4, -0.2) is 31.1 Å². The molecule has 4 rings (SSSR count). The van der Waals surface area contributed by atoms with Crippen molar-refractivity contribution in [2.24, 2.45) is 5.92 Å². The fourth-order valence-corrected chi connectivity index (χ4v) is 4.16. The number of pyridine rings is 2. The van der Waals surface area contributed by atoms with Gasteiger partial charge in [0, 0.05) is 43.6 Å². The Morgan fingerprint density at radius 1 is 1.11 bits per heavy atom. The lowest BCUT2D eigenvalue weighted by atomic mass is 10.0. The van der Waals surface area contributed by atoms with Gasteiger partial charge in [0.25, 0.3) is 0 Å². The van der Waals surface area contributed by atoms with E-state index >= 15 is 0 Å². The fraction of sp³-hybridized carbons (Fsp3) is 0.318. The fourth-order valence-electron chi connectivity index (χ4n) is 3.85. The Morgan fingerprint density at radius 2 is 2.00 bits per heavy atom. The summed E-state index contributed by atoms with van der Waals surface area (Å²) in [6.07, 6.45) is 7.70. The van der Waals surface area contributed by atoms with Crippen molar-refractivity contribution in [3.8, 4) is 0 Å². The zero-order valence-corrected chi connectivity index (χ0v) is 17.0. The maximum atomic E-state index is 5.73. The molecule has 6 heteroatoms. The van der Waals surface area contributed by atoms with E-state index in [1.54, 1.807) is 6.20 Å². The van der Waals surface area contributed by atoms with Crippen molar-refractivity contribution in [1.82, 2.24) is 24.8 Å². The average molecular weight is 392 g/mol. The van der Waals surface area contributed by atoms with Gasteiger partial charge in [0.15, 0.2) is 5.11 Å². The van der Waals surface area contributed by atoms with E-state index in [1.807, 2.05) is 30.6 Å². The predicted octanol–water partition coefficient (Wildman–Crippen LogP) is 3.95. The number of aromatic nitrogens is 3. The Kier molecular flexibility index (Phi) is 5.39. The van der Waals surface area contributed by atoms with Crippen LogP contribution >= 0.6 is 12.2 Å². The molecule has 0 unspecified atom stereocenters. The molecule has 1 aliphatic rings. The second kappa shape index (κ2) is 8.10. The van der Waals surface area contributed by atoms with Gasteiger partial charge in [0.2, 0.25) is 0 Å². The lowest BCUT2D eigenvalue weighted by molar-refractivity contribution is 0.277. The van der Waals surface area contributed by atoms with Crippen molar-refractivity contribution in [3.05, 3.63) is 84.2 Å². The zero-order chi connectivity index (χ0) is 19.5. The first kappa shape index (κ1) is 18.6. The first-order valence-electron chi connectivity index (χ1n) is 9.65. The number of thiocarbonyl (C=S) groups is 1. The van der Waals surface area contributed by atoms with Crippen LogP contribution in [0, 0.1) is 5.92 Å². The molecule has 28 heavy (non-hydrogen) atoms. The molecule has 3 aromatic rings. The molecule has 5 nitrogen and oxygen atoms in total. The summed E-state index contributed by atoms with van der Waals surface area (Å²) in [7, 11) is 0. The summed E-state index contributed by atoms with van der Waals surface area (Å²) < 4.78 is 2.29. The van der Waals surface area contributed by atoms with Gasteiger partial charge in [-0.3, -0.25) is 9.97 Å². The molecule has 2 atom stereocenters. The minimum absolute atomic E-state index is 0.0231. The first-order chi connectivity index (χ1) is 13.6. The van der Waals surface area contributed by atoms with Gasteiger partial charge in [-0.15, -0.1) is 0 Å². The van der Waals surface area contributed by atoms with Crippen LogP contribution in [0.15, 0.2) is 67.3 Å². The van der Waals surface area contributed by atoms with E-state index in [4.69, 9.17) is 12.2 Å². The third-order valence-corrected chi connectivity index (χ3v) is 5.36. The predicted molar refractivity (Wildman–Crippen MR) is 115 cm³/mol. The maximum Gasteiger partial charge on any atom is 0.170 e. The van der Waals surface area contributed by atoms with Crippen LogP contribution in [0.5, 0.6) is 0 Å². The molecule has 0 radical (unpaired) electrons. The molecule has 0 bridgehead atoms. The van der Waals surface area contributed by atoms with Gasteiger partial charge in [-0.1, -0.05) is 26.0 Å². The maximum absolute atomic E-state index is 5.73. The highest BCUT2D eigenvalue weighted by atomic mass is 32.1. The van der Waals surface area contributed by atoms with Gasteiger partial charge in [0.1, 0.15) is 0 Å². The van der Waals surface area contributed by atoms with Crippen LogP contribution in [0.25, 0.3) is 0 Å². The molecule has 0 aromatic carbocycles. The summed E-state index contributed by atoms with van der Waals surface area (Å²) in [5.41, 5.74) is 3.42. The number of nitrogens with one attached hydrogen (secondary N) is 1. The van der Waals surface area contributed by atoms with Gasteiger partial charge >= 0.3 is 0 Å². The summed E-state index contributed by atoms with van der Waals surface area (Å²) in [6, 6.07) is 14.6. The minimum Gasteiger partial charge on any atom is -0.352 e. The smallest absolute Gasteiger partial charge is 0.170 e. The third kappa shape index (κ3) is 3.78. The Balaban J connectivity index is 1.73. The monoisotopic (exact) mass is 391 g/mol. The molecule has 0 spiro atoms. The Labute approximate surface area is 171 Å². The van der Waals surface area contributed by atoms with Crippen LogP contribution in [0.4, 0.5) is 0 Å². The van der Waals surface area contributed by atoms with E-state index in [-0.39, 0.29) is 12.1 Å². The van der Waals surface area contributed by atoms with E-state index in [0.29, 0.717) is 5.92 Å². The SMILES string of the molecule is CC(C)CN1C(=S)N[C@@H](c2ccccn2)[C@H]1c1cccn1Cc1cccnc1. The van der Waals surface area contributed by atoms with Crippen LogP contribution in [0.2, 0.25) is 0 Å². The minimum atomic E-state index is 0.0231. The molecule has 144 valence electrons. The normalized spacial score (nSPS) is 19.2. The second-order valence-corrected chi connectivity index (χ2v) is 7.98. The summed E-state index contributed by atoms with van der Waals surface area (Å²) in [5, 5.41) is 4.32. The third-order valence-electron chi connectivity index (χ3n) is 5.00. The Morgan fingerprint density at radius 3 is 2.71 bits per heavy atom. The van der Waals surface area contributed by atoms with Crippen LogP contribution in [-0.2, 0) is 6.54 Å². The molecule has 0 amide bonds. The number of hydrogen-bond donors (Lipinski definition) is 1. The van der Waals surface area contributed by atoms with Crippen molar-refractivity contribution in [2.45, 2.75) is 32.5 Å². The highest BCUT2D eigenvalue weighted by Crippen LogP contribution is 2.39. The lowest BCUT2D eigenvalue weighted by Crippen LogP contribution is -2.33. The lowest BCUT2D eigenvalue weighted by Gasteiger charge is -2.30. The molecule has 1 N–H and O–H groups in total. The van der Waals surface area contributed by atoms with E-state index in [0.717, 1.165) is 23.9 Å². The molecular weight excluding hydrogens is 366 g/mol. The largest absolute Gasteiger partial charge is 0.352 e. The molecule has 4 heterocycles. The molecule has 0 saturated carbocycles. The molecule has 1 saturated heterocycles. The zero-order valence-electron chi connectivity index (χ0n) is 16.2. The highest BCUT2D eigenvalue weighted by Gasteiger charge is 2.41. The van der Waals surface area contributed by atoms with Crippen molar-refractivity contribution in [3.63, 3.8) is 0 Å². The Hall–Kier alpha value is -2.73. The standard InChI is InChI=1S/C22H25N5S/c1-16(2)14-27-21(20(25-22(27)28)18-8-3-4-11-24-18)19-9-6-12-26(19)15-17-7-5-10-23-13-17/h3-13,16,20-21H,14-15H2,1-2H3,(H,25,28)/t20-,21+/m0/s1.